The van der Waals surface area contributed by atoms with Gasteiger partial charge in [0.1, 0.15) is 0 Å². The number of nitrogens with one attached hydrogen (secondary N) is 1. The molecule has 1 aromatic carbocycles. The van der Waals surface area contributed by atoms with Crippen LogP contribution in [0.5, 0.6) is 0 Å². The third-order valence-electron chi connectivity index (χ3n) is 4.24. The van der Waals surface area contributed by atoms with E-state index in [1.807, 2.05) is 25.1 Å². The minimum absolute atomic E-state index is 0.0499. The van der Waals surface area contributed by atoms with Crippen molar-refractivity contribution in [3.63, 3.8) is 0 Å². The molecule has 0 aromatic heterocycles. The predicted octanol–water partition coefficient (Wildman–Crippen LogP) is 4.12. The maximum Gasteiger partial charge on any atom is 0.310 e. The van der Waals surface area contributed by atoms with Gasteiger partial charge in [0.05, 0.1) is 5.41 Å². The van der Waals surface area contributed by atoms with E-state index in [1.165, 1.54) is 0 Å². The highest BCUT2D eigenvalue weighted by Gasteiger charge is 2.41. The lowest BCUT2D eigenvalue weighted by Crippen LogP contribution is -2.37. The molecule has 0 saturated heterocycles. The summed E-state index contributed by atoms with van der Waals surface area (Å²) in [6, 6.07) is 5.65. The molecule has 0 heterocycles. The lowest BCUT2D eigenvalue weighted by atomic mass is 9.71. The van der Waals surface area contributed by atoms with Crippen LogP contribution in [-0.2, 0) is 9.59 Å². The summed E-state index contributed by atoms with van der Waals surface area (Å²) in [5.41, 5.74) is 0.799. The van der Waals surface area contributed by atoms with Gasteiger partial charge < -0.3 is 10.4 Å². The topological polar surface area (TPSA) is 66.4 Å². The van der Waals surface area contributed by atoms with E-state index < -0.39 is 11.4 Å². The Morgan fingerprint density at radius 1 is 1.29 bits per heavy atom. The molecular weight excluding hydrogens is 334 g/mol. The Labute approximate surface area is 133 Å². The average molecular weight is 354 g/mol. The molecule has 1 aliphatic carbocycles. The number of hydrogen-bond donors (Lipinski definition) is 2. The Bertz CT molecular complexity index is 550. The number of hydrogen-bond acceptors (Lipinski definition) is 2. The lowest BCUT2D eigenvalue weighted by Gasteiger charge is -2.32. The summed E-state index contributed by atoms with van der Waals surface area (Å²) < 4.78 is 0.883. The van der Waals surface area contributed by atoms with Gasteiger partial charge in [-0.25, -0.2) is 0 Å². The van der Waals surface area contributed by atoms with E-state index in [9.17, 15) is 14.7 Å². The lowest BCUT2D eigenvalue weighted by molar-refractivity contribution is -0.153. The van der Waals surface area contributed by atoms with Gasteiger partial charge in [-0.3, -0.25) is 9.59 Å². The van der Waals surface area contributed by atoms with Crippen molar-refractivity contribution in [3.8, 4) is 0 Å². The van der Waals surface area contributed by atoms with Crippen LogP contribution >= 0.6 is 15.9 Å². The number of carbonyl (C=O) groups excluding carboxylic acids is 1. The molecule has 0 unspecified atom stereocenters. The van der Waals surface area contributed by atoms with Crippen LogP contribution in [0.25, 0.3) is 0 Å². The molecule has 0 radical (unpaired) electrons. The van der Waals surface area contributed by atoms with Gasteiger partial charge in [0.2, 0.25) is 5.91 Å². The van der Waals surface area contributed by atoms with Crippen molar-refractivity contribution in [1.82, 2.24) is 0 Å². The molecule has 1 fully saturated rings. The Morgan fingerprint density at radius 2 is 1.95 bits per heavy atom. The average Bonchev–Trinajstić information content (AvgIpc) is 2.43. The summed E-state index contributed by atoms with van der Waals surface area (Å²) in [5, 5.41) is 12.4. The third kappa shape index (κ3) is 3.84. The molecule has 5 heteroatoms. The van der Waals surface area contributed by atoms with E-state index >= 15 is 0 Å². The molecule has 0 atom stereocenters. The van der Waals surface area contributed by atoms with Crippen molar-refractivity contribution in [2.75, 3.05) is 5.32 Å². The van der Waals surface area contributed by atoms with Gasteiger partial charge in [0.15, 0.2) is 0 Å². The van der Waals surface area contributed by atoms with E-state index in [-0.39, 0.29) is 12.3 Å². The van der Waals surface area contributed by atoms with E-state index in [0.717, 1.165) is 35.0 Å². The third-order valence-corrected chi connectivity index (χ3v) is 4.73. The maximum absolute atomic E-state index is 12.3. The number of carboxylic acid groups (broad SMARTS) is 1. The van der Waals surface area contributed by atoms with Gasteiger partial charge in [-0.15, -0.1) is 0 Å². The van der Waals surface area contributed by atoms with Crippen molar-refractivity contribution in [2.45, 2.75) is 45.4 Å². The number of anilines is 1. The Morgan fingerprint density at radius 3 is 2.57 bits per heavy atom. The molecule has 0 spiro atoms. The largest absolute Gasteiger partial charge is 0.481 e. The second-order valence-electron chi connectivity index (χ2n) is 5.83. The maximum atomic E-state index is 12.3. The number of benzene rings is 1. The fourth-order valence-corrected chi connectivity index (χ4v) is 3.29. The quantitative estimate of drug-likeness (QED) is 0.855. The fourth-order valence-electron chi connectivity index (χ4n) is 2.93. The summed E-state index contributed by atoms with van der Waals surface area (Å²) in [4.78, 5) is 23.9. The van der Waals surface area contributed by atoms with Crippen LogP contribution in [0.3, 0.4) is 0 Å². The molecule has 0 bridgehead atoms. The van der Waals surface area contributed by atoms with Gasteiger partial charge in [-0.05, 0) is 37.5 Å². The SMILES string of the molecule is Cc1ccc(Br)cc1NC(=O)CC1(C(=O)O)CCCCC1. The summed E-state index contributed by atoms with van der Waals surface area (Å²) >= 11 is 3.37. The number of amides is 1. The second-order valence-corrected chi connectivity index (χ2v) is 6.75. The minimum atomic E-state index is -0.887. The second kappa shape index (κ2) is 6.60. The number of aryl methyl sites for hydroxylation is 1. The molecule has 21 heavy (non-hydrogen) atoms. The van der Waals surface area contributed by atoms with Crippen LogP contribution in [0.1, 0.15) is 44.1 Å². The normalized spacial score (nSPS) is 17.2. The molecule has 4 nitrogen and oxygen atoms in total. The molecule has 114 valence electrons. The van der Waals surface area contributed by atoms with E-state index in [4.69, 9.17) is 0 Å². The predicted molar refractivity (Wildman–Crippen MR) is 85.3 cm³/mol. The highest BCUT2D eigenvalue weighted by atomic mass is 79.9. The first kappa shape index (κ1) is 16.0. The van der Waals surface area contributed by atoms with Gasteiger partial charge in [-0.1, -0.05) is 41.3 Å². The number of halogens is 1. The van der Waals surface area contributed by atoms with Crippen LogP contribution in [0.2, 0.25) is 0 Å². The number of carboxylic acids is 1. The number of rotatable bonds is 4. The van der Waals surface area contributed by atoms with Gasteiger partial charge in [0.25, 0.3) is 0 Å². The van der Waals surface area contributed by atoms with E-state index in [2.05, 4.69) is 21.2 Å². The summed E-state index contributed by atoms with van der Waals surface area (Å²) in [6.45, 7) is 1.91. The molecular formula is C16H20BrNO3. The molecule has 0 aliphatic heterocycles. The number of carbonyl (C=O) groups is 2. The van der Waals surface area contributed by atoms with Crippen LogP contribution in [0, 0.1) is 12.3 Å². The standard InChI is InChI=1S/C16H20BrNO3/c1-11-5-6-12(17)9-13(11)18-14(19)10-16(15(20)21)7-3-2-4-8-16/h5-6,9H,2-4,7-8,10H2,1H3,(H,18,19)(H,20,21). The Hall–Kier alpha value is -1.36. The van der Waals surface area contributed by atoms with Crippen molar-refractivity contribution < 1.29 is 14.7 Å². The van der Waals surface area contributed by atoms with Crippen LogP contribution in [-0.4, -0.2) is 17.0 Å². The van der Waals surface area contributed by atoms with Gasteiger partial charge in [0, 0.05) is 16.6 Å². The zero-order valence-electron chi connectivity index (χ0n) is 12.1. The van der Waals surface area contributed by atoms with Gasteiger partial charge in [-0.2, -0.15) is 0 Å². The minimum Gasteiger partial charge on any atom is -0.481 e. The zero-order valence-corrected chi connectivity index (χ0v) is 13.7. The first-order valence-corrected chi connectivity index (χ1v) is 8.02. The van der Waals surface area contributed by atoms with Crippen LogP contribution < -0.4 is 5.32 Å². The van der Waals surface area contributed by atoms with Crippen molar-refractivity contribution in [2.24, 2.45) is 5.41 Å². The summed E-state index contributed by atoms with van der Waals surface area (Å²) in [5.74, 6) is -1.07. The van der Waals surface area contributed by atoms with E-state index in [0.29, 0.717) is 12.8 Å². The van der Waals surface area contributed by atoms with Crippen molar-refractivity contribution in [1.29, 1.82) is 0 Å². The molecule has 1 amide bonds. The van der Waals surface area contributed by atoms with Crippen LogP contribution in [0.15, 0.2) is 22.7 Å². The highest BCUT2D eigenvalue weighted by Crippen LogP contribution is 2.40. The molecule has 2 rings (SSSR count). The molecule has 1 aliphatic rings. The monoisotopic (exact) mass is 353 g/mol. The first-order valence-electron chi connectivity index (χ1n) is 7.22. The smallest absolute Gasteiger partial charge is 0.310 e. The Kier molecular flexibility index (Phi) is 5.04. The molecule has 1 aromatic rings. The summed E-state index contributed by atoms with van der Waals surface area (Å²) in [6.07, 6.45) is 4.06. The zero-order chi connectivity index (χ0) is 15.5. The Balaban J connectivity index is 2.09. The molecule has 2 N–H and O–H groups in total. The number of aliphatic carboxylic acids is 1. The fraction of sp³-hybridized carbons (Fsp3) is 0.500. The molecule has 1 saturated carbocycles. The van der Waals surface area contributed by atoms with Crippen molar-refractivity contribution >= 4 is 33.5 Å². The van der Waals surface area contributed by atoms with Crippen molar-refractivity contribution in [3.05, 3.63) is 28.2 Å². The van der Waals surface area contributed by atoms with Gasteiger partial charge >= 0.3 is 5.97 Å². The van der Waals surface area contributed by atoms with E-state index in [1.54, 1.807) is 0 Å². The van der Waals surface area contributed by atoms with Crippen LogP contribution in [0.4, 0.5) is 5.69 Å². The summed E-state index contributed by atoms with van der Waals surface area (Å²) in [7, 11) is 0. The first-order chi connectivity index (χ1) is 9.93. The highest BCUT2D eigenvalue weighted by molar-refractivity contribution is 9.10.